The quantitative estimate of drug-likeness (QED) is 0.593. The Kier molecular flexibility index (Phi) is 4.06. The van der Waals surface area contributed by atoms with Gasteiger partial charge in [0.1, 0.15) is 29.7 Å². The minimum Gasteiger partial charge on any atom is -0.385 e. The van der Waals surface area contributed by atoms with Crippen LogP contribution in [0.1, 0.15) is 26.3 Å². The molecule has 0 aromatic heterocycles. The number of nitrogens with two attached hydrogens (primary N) is 1. The number of hydrogen-bond donors (Lipinski definition) is 1. The number of nitrogens with zero attached hydrogens (tertiary/aromatic N) is 1. The number of halogens is 5. The molecule has 0 aliphatic carbocycles. The fourth-order valence-electron chi connectivity index (χ4n) is 2.45. The number of benzene rings is 1. The molecule has 1 aliphatic heterocycles. The van der Waals surface area contributed by atoms with Gasteiger partial charge in [0.25, 0.3) is 0 Å². The Morgan fingerprint density at radius 2 is 1.77 bits per heavy atom. The molecule has 0 bridgehead atoms. The van der Waals surface area contributed by atoms with E-state index in [4.69, 9.17) is 10.5 Å². The van der Waals surface area contributed by atoms with Crippen LogP contribution in [-0.2, 0) is 10.3 Å². The fourth-order valence-corrected chi connectivity index (χ4v) is 2.79. The molecule has 0 spiro atoms. The van der Waals surface area contributed by atoms with Gasteiger partial charge in [-0.1, -0.05) is 0 Å². The fraction of sp³-hybridized carbons (Fsp3) is 0.500. The molecule has 3 nitrogen and oxygen atoms in total. The molecule has 0 amide bonds. The second kappa shape index (κ2) is 5.19. The predicted molar refractivity (Wildman–Crippen MR) is 78.0 cm³/mol. The summed E-state index contributed by atoms with van der Waals surface area (Å²) in [7, 11) is 0. The van der Waals surface area contributed by atoms with Crippen LogP contribution in [0.15, 0.2) is 21.6 Å². The van der Waals surface area contributed by atoms with Crippen molar-refractivity contribution in [3.8, 4) is 0 Å². The van der Waals surface area contributed by atoms with E-state index in [1.165, 1.54) is 13.8 Å². The van der Waals surface area contributed by atoms with Gasteiger partial charge in [-0.15, -0.1) is 0 Å². The maximum atomic E-state index is 15.0. The van der Waals surface area contributed by atoms with Crippen molar-refractivity contribution in [2.45, 2.75) is 37.8 Å². The lowest BCUT2D eigenvalue weighted by Crippen LogP contribution is -2.56. The van der Waals surface area contributed by atoms with E-state index in [1.54, 1.807) is 0 Å². The van der Waals surface area contributed by atoms with E-state index in [1.807, 2.05) is 0 Å². The summed E-state index contributed by atoms with van der Waals surface area (Å²) < 4.78 is 62.5. The summed E-state index contributed by atoms with van der Waals surface area (Å²) >= 11 is 2.87. The first-order chi connectivity index (χ1) is 9.92. The van der Waals surface area contributed by atoms with Crippen LogP contribution in [0.25, 0.3) is 0 Å². The summed E-state index contributed by atoms with van der Waals surface area (Å²) in [6.45, 7) is 3.10. The van der Waals surface area contributed by atoms with Crippen LogP contribution in [0, 0.1) is 11.6 Å². The Morgan fingerprint density at radius 1 is 1.18 bits per heavy atom. The van der Waals surface area contributed by atoms with Crippen molar-refractivity contribution >= 4 is 21.8 Å². The van der Waals surface area contributed by atoms with Gasteiger partial charge < -0.3 is 10.5 Å². The van der Waals surface area contributed by atoms with Gasteiger partial charge in [0.15, 0.2) is 5.54 Å². The van der Waals surface area contributed by atoms with Crippen LogP contribution in [0.3, 0.4) is 0 Å². The number of aliphatic imine (C=N–C) groups is 1. The van der Waals surface area contributed by atoms with Gasteiger partial charge in [0.05, 0.1) is 4.47 Å². The second-order valence-corrected chi connectivity index (χ2v) is 6.65. The van der Waals surface area contributed by atoms with Gasteiger partial charge >= 0.3 is 5.92 Å². The highest BCUT2D eigenvalue weighted by atomic mass is 79.9. The largest absolute Gasteiger partial charge is 0.385 e. The zero-order valence-corrected chi connectivity index (χ0v) is 13.8. The summed E-state index contributed by atoms with van der Waals surface area (Å²) in [4.78, 5) is 3.79. The summed E-state index contributed by atoms with van der Waals surface area (Å²) in [6, 6.07) is 1.49. The van der Waals surface area contributed by atoms with Gasteiger partial charge in [0.2, 0.25) is 0 Å². The molecular weight excluding hydrogens is 368 g/mol. The minimum absolute atomic E-state index is 0.141. The van der Waals surface area contributed by atoms with Crippen molar-refractivity contribution in [3.63, 3.8) is 0 Å². The summed E-state index contributed by atoms with van der Waals surface area (Å²) in [5.74, 6) is -5.81. The molecule has 1 aromatic carbocycles. The van der Waals surface area contributed by atoms with Gasteiger partial charge in [-0.3, -0.25) is 4.99 Å². The van der Waals surface area contributed by atoms with Crippen molar-refractivity contribution in [3.05, 3.63) is 33.8 Å². The highest BCUT2D eigenvalue weighted by Gasteiger charge is 2.64. The van der Waals surface area contributed by atoms with Crippen molar-refractivity contribution in [1.29, 1.82) is 0 Å². The second-order valence-electron chi connectivity index (χ2n) is 5.79. The lowest BCUT2D eigenvalue weighted by Gasteiger charge is -2.41. The summed E-state index contributed by atoms with van der Waals surface area (Å²) in [5, 5.41) is 0. The Balaban J connectivity index is 2.77. The Bertz CT molecular complexity index is 648. The lowest BCUT2D eigenvalue weighted by molar-refractivity contribution is -0.214. The highest BCUT2D eigenvalue weighted by molar-refractivity contribution is 9.10. The molecule has 2 rings (SSSR count). The zero-order valence-electron chi connectivity index (χ0n) is 12.2. The van der Waals surface area contributed by atoms with E-state index in [9.17, 15) is 17.6 Å². The van der Waals surface area contributed by atoms with Crippen molar-refractivity contribution in [1.82, 2.24) is 0 Å². The van der Waals surface area contributed by atoms with E-state index < -0.39 is 34.3 Å². The molecule has 1 aromatic rings. The van der Waals surface area contributed by atoms with E-state index in [2.05, 4.69) is 20.9 Å². The molecule has 122 valence electrons. The molecule has 8 heteroatoms. The lowest BCUT2D eigenvalue weighted by atomic mass is 9.78. The molecule has 0 radical (unpaired) electrons. The molecule has 0 saturated heterocycles. The zero-order chi connectivity index (χ0) is 16.9. The number of hydrogen-bond acceptors (Lipinski definition) is 3. The van der Waals surface area contributed by atoms with E-state index in [-0.39, 0.29) is 16.9 Å². The summed E-state index contributed by atoms with van der Waals surface area (Å²) in [5.41, 5.74) is 0.845. The van der Waals surface area contributed by atoms with Gasteiger partial charge in [-0.05, 0) is 42.8 Å². The number of rotatable bonds is 1. The molecule has 1 aliphatic rings. The van der Waals surface area contributed by atoms with Crippen molar-refractivity contribution in [2.75, 3.05) is 6.61 Å². The van der Waals surface area contributed by atoms with Crippen molar-refractivity contribution in [2.24, 2.45) is 10.7 Å². The average molecular weight is 383 g/mol. The average Bonchev–Trinajstić information content (AvgIpc) is 2.44. The van der Waals surface area contributed by atoms with Gasteiger partial charge in [-0.25, -0.2) is 17.6 Å². The number of ether oxygens (including phenoxy) is 1. The topological polar surface area (TPSA) is 47.6 Å². The molecule has 1 unspecified atom stereocenters. The monoisotopic (exact) mass is 382 g/mol. The predicted octanol–water partition coefficient (Wildman–Crippen LogP) is 3.74. The Hall–Kier alpha value is -1.15. The van der Waals surface area contributed by atoms with Crippen LogP contribution >= 0.6 is 15.9 Å². The number of amidine groups is 1. The van der Waals surface area contributed by atoms with Crippen LogP contribution in [0.2, 0.25) is 0 Å². The Labute approximate surface area is 133 Å². The summed E-state index contributed by atoms with van der Waals surface area (Å²) in [6.07, 6.45) is 0. The standard InChI is InChI=1S/C14H15BrF4N2O/c1-12(2)14(18,19)13(3,21-11(20)6-22-12)7-4-8(15)10(17)5-9(7)16/h4-5H,6H2,1-3H3,(H2,20,21). The van der Waals surface area contributed by atoms with Gasteiger partial charge in [-0.2, -0.15) is 0 Å². The molecule has 1 atom stereocenters. The van der Waals surface area contributed by atoms with Gasteiger partial charge in [0, 0.05) is 11.6 Å². The normalized spacial score (nSPS) is 27.2. The molecule has 1 heterocycles. The molecule has 2 N–H and O–H groups in total. The molecule has 22 heavy (non-hydrogen) atoms. The molecular formula is C14H15BrF4N2O. The molecule has 0 saturated carbocycles. The van der Waals surface area contributed by atoms with Crippen LogP contribution in [0.4, 0.5) is 17.6 Å². The first-order valence-corrected chi connectivity index (χ1v) is 7.22. The minimum atomic E-state index is -3.60. The first kappa shape index (κ1) is 17.2. The van der Waals surface area contributed by atoms with Crippen LogP contribution in [-0.4, -0.2) is 24.0 Å². The van der Waals surface area contributed by atoms with E-state index in [0.29, 0.717) is 6.07 Å². The third-order valence-electron chi connectivity index (χ3n) is 3.85. The third-order valence-corrected chi connectivity index (χ3v) is 4.46. The maximum absolute atomic E-state index is 15.0. The molecule has 0 fully saturated rings. The number of alkyl halides is 2. The van der Waals surface area contributed by atoms with E-state index >= 15 is 0 Å². The first-order valence-electron chi connectivity index (χ1n) is 6.43. The SMILES string of the molecule is CC1(C)OCC(N)=NC(C)(c2cc(Br)c(F)cc2F)C1(F)F. The third kappa shape index (κ3) is 2.42. The van der Waals surface area contributed by atoms with Crippen LogP contribution < -0.4 is 5.73 Å². The van der Waals surface area contributed by atoms with Crippen LogP contribution in [0.5, 0.6) is 0 Å². The van der Waals surface area contributed by atoms with E-state index in [0.717, 1.165) is 13.0 Å². The Morgan fingerprint density at radius 3 is 2.36 bits per heavy atom. The maximum Gasteiger partial charge on any atom is 0.304 e. The highest BCUT2D eigenvalue weighted by Crippen LogP contribution is 2.50. The smallest absolute Gasteiger partial charge is 0.304 e. The van der Waals surface area contributed by atoms with Crippen molar-refractivity contribution < 1.29 is 22.3 Å².